The molecule has 0 aliphatic rings. The number of rotatable bonds is 3. The first-order chi connectivity index (χ1) is 6.15. The Morgan fingerprint density at radius 1 is 1.38 bits per heavy atom. The summed E-state index contributed by atoms with van der Waals surface area (Å²) in [5.41, 5.74) is -0.0182. The highest BCUT2D eigenvalue weighted by atomic mass is 35.5. The van der Waals surface area contributed by atoms with Gasteiger partial charge in [-0.05, 0) is 0 Å². The molecule has 0 N–H and O–H groups in total. The smallest absolute Gasteiger partial charge is 0.269 e. The number of nitro benzene ring substituents is 1. The minimum Gasteiger partial charge on any atom is -0.610 e. The lowest BCUT2D eigenvalue weighted by Gasteiger charge is -2.04. The molecule has 6 heteroatoms. The van der Waals surface area contributed by atoms with Crippen molar-refractivity contribution in [3.05, 3.63) is 34.4 Å². The Labute approximate surface area is 82.8 Å². The van der Waals surface area contributed by atoms with Crippen LogP contribution in [-0.4, -0.2) is 14.7 Å². The number of nitrogens with zero attached hydrogens (tertiary/aromatic N) is 1. The maximum atomic E-state index is 11.1. The van der Waals surface area contributed by atoms with E-state index >= 15 is 0 Å². The molecule has 0 fully saturated rings. The lowest BCUT2D eigenvalue weighted by atomic mass is 10.3. The first-order valence-electron chi connectivity index (χ1n) is 3.34. The van der Waals surface area contributed by atoms with E-state index < -0.39 is 16.1 Å². The summed E-state index contributed by atoms with van der Waals surface area (Å²) in [6, 6.07) is 5.49. The Kier molecular flexibility index (Phi) is 3.53. The highest BCUT2D eigenvalue weighted by molar-refractivity contribution is 7.92. The molecule has 0 aliphatic heterocycles. The number of nitro groups is 1. The van der Waals surface area contributed by atoms with Gasteiger partial charge in [0.1, 0.15) is 0 Å². The molecule has 1 atom stereocenters. The zero-order valence-corrected chi connectivity index (χ0v) is 8.05. The molecule has 0 aliphatic carbocycles. The molecule has 0 saturated carbocycles. The fraction of sp³-hybridized carbons (Fsp3) is 0.143. The molecule has 1 rings (SSSR count). The molecule has 0 aromatic heterocycles. The quantitative estimate of drug-likeness (QED) is 0.338. The second kappa shape index (κ2) is 4.45. The first-order valence-corrected chi connectivity index (χ1v) is 5.19. The van der Waals surface area contributed by atoms with Gasteiger partial charge in [0.2, 0.25) is 0 Å². The van der Waals surface area contributed by atoms with Gasteiger partial charge in [-0.25, -0.2) is 0 Å². The van der Waals surface area contributed by atoms with Crippen molar-refractivity contribution >= 4 is 28.5 Å². The van der Waals surface area contributed by atoms with Crippen LogP contribution in [0.4, 0.5) is 5.69 Å². The van der Waals surface area contributed by atoms with Gasteiger partial charge in [-0.1, -0.05) is 11.6 Å². The summed E-state index contributed by atoms with van der Waals surface area (Å²) in [7, 11) is 0. The van der Waals surface area contributed by atoms with Gasteiger partial charge in [0.15, 0.2) is 10.1 Å². The van der Waals surface area contributed by atoms with E-state index in [-0.39, 0.29) is 10.9 Å². The number of alkyl halides is 1. The van der Waals surface area contributed by atoms with Crippen molar-refractivity contribution in [1.29, 1.82) is 0 Å². The van der Waals surface area contributed by atoms with Crippen LogP contribution in [0.5, 0.6) is 0 Å². The lowest BCUT2D eigenvalue weighted by molar-refractivity contribution is -0.384. The minimum atomic E-state index is -1.27. The van der Waals surface area contributed by atoms with Crippen molar-refractivity contribution < 1.29 is 9.48 Å². The number of halogens is 1. The fourth-order valence-corrected chi connectivity index (χ4v) is 1.73. The zero-order chi connectivity index (χ0) is 9.84. The number of non-ortho nitro benzene ring substituents is 1. The highest BCUT2D eigenvalue weighted by Crippen LogP contribution is 2.17. The van der Waals surface area contributed by atoms with Crippen LogP contribution in [0.15, 0.2) is 29.2 Å². The SMILES string of the molecule is O=[N+]([O-])c1ccc([S+]([O-])CCl)cc1. The van der Waals surface area contributed by atoms with E-state index in [0.29, 0.717) is 4.90 Å². The van der Waals surface area contributed by atoms with Gasteiger partial charge in [-0.2, -0.15) is 0 Å². The van der Waals surface area contributed by atoms with E-state index in [0.717, 1.165) is 0 Å². The number of benzene rings is 1. The first kappa shape index (κ1) is 10.3. The average molecular weight is 220 g/mol. The Morgan fingerprint density at radius 2 is 1.92 bits per heavy atom. The van der Waals surface area contributed by atoms with Crippen molar-refractivity contribution in [3.8, 4) is 0 Å². The zero-order valence-electron chi connectivity index (χ0n) is 6.47. The van der Waals surface area contributed by atoms with Crippen LogP contribution in [-0.2, 0) is 11.2 Å². The maximum absolute atomic E-state index is 11.1. The van der Waals surface area contributed by atoms with Crippen molar-refractivity contribution in [2.24, 2.45) is 0 Å². The van der Waals surface area contributed by atoms with Crippen molar-refractivity contribution in [2.45, 2.75) is 4.90 Å². The molecule has 1 unspecified atom stereocenters. The fourth-order valence-electron chi connectivity index (χ4n) is 0.783. The predicted molar refractivity (Wildman–Crippen MR) is 50.2 cm³/mol. The summed E-state index contributed by atoms with van der Waals surface area (Å²) in [6.07, 6.45) is 0. The molecular formula is C7H6ClNO3S. The van der Waals surface area contributed by atoms with E-state index in [1.807, 2.05) is 0 Å². The van der Waals surface area contributed by atoms with Gasteiger partial charge < -0.3 is 4.55 Å². The van der Waals surface area contributed by atoms with Crippen LogP contribution >= 0.6 is 11.6 Å². The van der Waals surface area contributed by atoms with E-state index in [2.05, 4.69) is 0 Å². The molecule has 0 heterocycles. The third-order valence-electron chi connectivity index (χ3n) is 1.41. The van der Waals surface area contributed by atoms with E-state index in [1.165, 1.54) is 24.3 Å². The summed E-state index contributed by atoms with van der Waals surface area (Å²) in [5, 5.41) is 10.3. The molecule has 1 aromatic carbocycles. The van der Waals surface area contributed by atoms with Gasteiger partial charge in [0.05, 0.1) is 4.92 Å². The molecule has 0 bridgehead atoms. The maximum Gasteiger partial charge on any atom is 0.269 e. The van der Waals surface area contributed by atoms with Crippen LogP contribution in [0.3, 0.4) is 0 Å². The van der Waals surface area contributed by atoms with Gasteiger partial charge in [0.25, 0.3) is 5.69 Å². The van der Waals surface area contributed by atoms with Crippen LogP contribution in [0, 0.1) is 10.1 Å². The third-order valence-corrected chi connectivity index (χ3v) is 3.00. The lowest BCUT2D eigenvalue weighted by Crippen LogP contribution is -2.01. The van der Waals surface area contributed by atoms with Crippen LogP contribution in [0.2, 0.25) is 0 Å². The Hall–Kier alpha value is -0.780. The van der Waals surface area contributed by atoms with E-state index in [4.69, 9.17) is 11.6 Å². The average Bonchev–Trinajstić information content (AvgIpc) is 2.17. The molecule has 0 amide bonds. The minimum absolute atomic E-state index is 0.00217. The van der Waals surface area contributed by atoms with Crippen molar-refractivity contribution in [2.75, 3.05) is 5.21 Å². The Bertz CT molecular complexity index is 303. The van der Waals surface area contributed by atoms with Crippen LogP contribution < -0.4 is 0 Å². The molecule has 0 saturated heterocycles. The van der Waals surface area contributed by atoms with Gasteiger partial charge in [0, 0.05) is 35.4 Å². The normalized spacial score (nSPS) is 12.5. The van der Waals surface area contributed by atoms with E-state index in [9.17, 15) is 14.7 Å². The summed E-state index contributed by atoms with van der Waals surface area (Å²) in [4.78, 5) is 10.2. The topological polar surface area (TPSA) is 66.2 Å². The second-order valence-corrected chi connectivity index (χ2v) is 4.24. The molecule has 0 spiro atoms. The molecule has 4 nitrogen and oxygen atoms in total. The van der Waals surface area contributed by atoms with Crippen LogP contribution in [0.1, 0.15) is 0 Å². The Morgan fingerprint density at radius 3 is 2.31 bits per heavy atom. The monoisotopic (exact) mass is 219 g/mol. The number of hydrogen-bond acceptors (Lipinski definition) is 3. The molecule has 13 heavy (non-hydrogen) atoms. The highest BCUT2D eigenvalue weighted by Gasteiger charge is 2.11. The largest absolute Gasteiger partial charge is 0.610 e. The molecular weight excluding hydrogens is 214 g/mol. The summed E-state index contributed by atoms with van der Waals surface area (Å²) in [5.74, 6) is 0. The molecule has 0 radical (unpaired) electrons. The van der Waals surface area contributed by atoms with Crippen molar-refractivity contribution in [3.63, 3.8) is 0 Å². The number of hydrogen-bond donors (Lipinski definition) is 0. The summed E-state index contributed by atoms with van der Waals surface area (Å²) >= 11 is 4.09. The van der Waals surface area contributed by atoms with Crippen molar-refractivity contribution in [1.82, 2.24) is 0 Å². The van der Waals surface area contributed by atoms with Gasteiger partial charge in [-0.15, -0.1) is 0 Å². The predicted octanol–water partition coefficient (Wildman–Crippen LogP) is 1.90. The standard InChI is InChI=1S/C7H6ClNO3S/c8-5-13(12)7-3-1-6(2-4-7)9(10)11/h1-4H,5H2. The van der Waals surface area contributed by atoms with Gasteiger partial charge >= 0.3 is 0 Å². The third kappa shape index (κ3) is 2.58. The summed E-state index contributed by atoms with van der Waals surface area (Å²) in [6.45, 7) is 0. The molecule has 70 valence electrons. The molecule has 1 aromatic rings. The van der Waals surface area contributed by atoms with Gasteiger partial charge in [-0.3, -0.25) is 10.1 Å². The second-order valence-electron chi connectivity index (χ2n) is 2.21. The summed E-state index contributed by atoms with van der Waals surface area (Å²) < 4.78 is 11.1. The van der Waals surface area contributed by atoms with Crippen LogP contribution in [0.25, 0.3) is 0 Å². The Balaban J connectivity index is 2.87. The van der Waals surface area contributed by atoms with E-state index in [1.54, 1.807) is 0 Å².